The molecule has 0 spiro atoms. The van der Waals surface area contributed by atoms with E-state index in [9.17, 15) is 0 Å². The molecule has 1 rings (SSSR count). The largest absolute Gasteiger partial charge is 0.288 e. The Bertz CT molecular complexity index is 139. The number of tetrazole rings is 1. The molecule has 7 heavy (non-hydrogen) atoms. The van der Waals surface area contributed by atoms with E-state index < -0.39 is 0 Å². The Labute approximate surface area is 41.4 Å². The smallest absolute Gasteiger partial charge is 0.166 e. The zero-order chi connectivity index (χ0) is 5.28. The van der Waals surface area contributed by atoms with Gasteiger partial charge in [-0.25, -0.2) is 0 Å². The molecular formula is C3H7N4+. The van der Waals surface area contributed by atoms with Crippen molar-refractivity contribution in [2.24, 2.45) is 14.1 Å². The lowest BCUT2D eigenvalue weighted by atomic mass is 11.2. The van der Waals surface area contributed by atoms with E-state index in [4.69, 9.17) is 0 Å². The third kappa shape index (κ3) is 0.581. The van der Waals surface area contributed by atoms with Gasteiger partial charge in [0.1, 0.15) is 5.10 Å². The van der Waals surface area contributed by atoms with E-state index in [0.717, 1.165) is 0 Å². The predicted octanol–water partition coefficient (Wildman–Crippen LogP) is -1.36. The molecule has 1 heterocycles. The number of hydrogen-bond acceptors (Lipinski definition) is 2. The van der Waals surface area contributed by atoms with E-state index in [1.54, 1.807) is 15.8 Å². The number of aromatic nitrogens is 4. The second-order valence-corrected chi connectivity index (χ2v) is 1.38. The van der Waals surface area contributed by atoms with Crippen LogP contribution in [0.5, 0.6) is 0 Å². The second-order valence-electron chi connectivity index (χ2n) is 1.38. The molecule has 0 radical (unpaired) electrons. The number of aryl methyl sites for hydroxylation is 2. The van der Waals surface area contributed by atoms with Crippen LogP contribution in [0.1, 0.15) is 0 Å². The summed E-state index contributed by atoms with van der Waals surface area (Å²) >= 11 is 0. The lowest BCUT2D eigenvalue weighted by Crippen LogP contribution is -2.36. The molecule has 0 N–H and O–H groups in total. The van der Waals surface area contributed by atoms with Crippen LogP contribution in [0, 0.1) is 0 Å². The first-order chi connectivity index (χ1) is 3.30. The molecular weight excluding hydrogens is 92.1 g/mol. The molecule has 0 bridgehead atoms. The van der Waals surface area contributed by atoms with Gasteiger partial charge in [0.05, 0.1) is 14.1 Å². The lowest BCUT2D eigenvalue weighted by molar-refractivity contribution is -0.756. The molecule has 38 valence electrons. The molecule has 0 atom stereocenters. The first-order valence-corrected chi connectivity index (χ1v) is 2.01. The Morgan fingerprint density at radius 3 is 2.57 bits per heavy atom. The van der Waals surface area contributed by atoms with E-state index in [1.165, 1.54) is 0 Å². The molecule has 0 aliphatic heterocycles. The predicted molar refractivity (Wildman–Crippen MR) is 22.2 cm³/mol. The molecule has 0 saturated heterocycles. The highest BCUT2D eigenvalue weighted by molar-refractivity contribution is 4.14. The van der Waals surface area contributed by atoms with Crippen molar-refractivity contribution >= 4 is 0 Å². The van der Waals surface area contributed by atoms with Gasteiger partial charge >= 0.3 is 0 Å². The minimum Gasteiger partial charge on any atom is -0.166 e. The van der Waals surface area contributed by atoms with Crippen LogP contribution < -0.4 is 4.68 Å². The van der Waals surface area contributed by atoms with Crippen LogP contribution in [-0.2, 0) is 14.1 Å². The van der Waals surface area contributed by atoms with E-state index in [1.807, 2.05) is 14.1 Å². The van der Waals surface area contributed by atoms with Crippen LogP contribution in [0.3, 0.4) is 0 Å². The lowest BCUT2D eigenvalue weighted by Gasteiger charge is -1.79. The van der Waals surface area contributed by atoms with Crippen molar-refractivity contribution in [3.05, 3.63) is 6.33 Å². The molecule has 0 aliphatic rings. The highest BCUT2D eigenvalue weighted by Crippen LogP contribution is 1.53. The molecule has 0 amide bonds. The van der Waals surface area contributed by atoms with Crippen LogP contribution in [0.15, 0.2) is 6.33 Å². The Morgan fingerprint density at radius 1 is 1.71 bits per heavy atom. The van der Waals surface area contributed by atoms with Crippen LogP contribution >= 0.6 is 0 Å². The van der Waals surface area contributed by atoms with E-state index >= 15 is 0 Å². The first-order valence-electron chi connectivity index (χ1n) is 2.01. The van der Waals surface area contributed by atoms with Crippen LogP contribution in [-0.4, -0.2) is 15.1 Å². The zero-order valence-electron chi connectivity index (χ0n) is 4.37. The van der Waals surface area contributed by atoms with Crippen LogP contribution in [0.4, 0.5) is 0 Å². The van der Waals surface area contributed by atoms with Crippen molar-refractivity contribution in [2.75, 3.05) is 0 Å². The van der Waals surface area contributed by atoms with Crippen LogP contribution in [0.2, 0.25) is 0 Å². The standard InChI is InChI=1S/C3H7N4/c1-6-3-4-5-7(6)2/h3H,1-2H3/q+1. The van der Waals surface area contributed by atoms with Gasteiger partial charge in [-0.3, -0.25) is 0 Å². The van der Waals surface area contributed by atoms with Gasteiger partial charge in [0.2, 0.25) is 0 Å². The molecule has 0 aromatic carbocycles. The summed E-state index contributed by atoms with van der Waals surface area (Å²) in [6.45, 7) is 0. The van der Waals surface area contributed by atoms with Gasteiger partial charge in [-0.2, -0.15) is 4.68 Å². The quantitative estimate of drug-likeness (QED) is 0.376. The van der Waals surface area contributed by atoms with Gasteiger partial charge in [-0.05, 0) is 0 Å². The second kappa shape index (κ2) is 1.29. The average Bonchev–Trinajstić information content (AvgIpc) is 1.91. The van der Waals surface area contributed by atoms with Crippen molar-refractivity contribution in [1.29, 1.82) is 0 Å². The third-order valence-corrected chi connectivity index (χ3v) is 0.856. The zero-order valence-corrected chi connectivity index (χ0v) is 4.37. The summed E-state index contributed by atoms with van der Waals surface area (Å²) in [6.07, 6.45) is 1.64. The van der Waals surface area contributed by atoms with Gasteiger partial charge in [-0.15, -0.1) is 0 Å². The van der Waals surface area contributed by atoms with Crippen molar-refractivity contribution in [3.63, 3.8) is 0 Å². The summed E-state index contributed by atoms with van der Waals surface area (Å²) in [5.74, 6) is 0. The third-order valence-electron chi connectivity index (χ3n) is 0.856. The van der Waals surface area contributed by atoms with Crippen LogP contribution in [0.25, 0.3) is 0 Å². The molecule has 1 aromatic rings. The van der Waals surface area contributed by atoms with Gasteiger partial charge in [0.15, 0.2) is 5.21 Å². The molecule has 4 heteroatoms. The Morgan fingerprint density at radius 2 is 2.43 bits per heavy atom. The molecule has 0 unspecified atom stereocenters. The van der Waals surface area contributed by atoms with E-state index in [0.29, 0.717) is 0 Å². The monoisotopic (exact) mass is 99.1 g/mol. The topological polar surface area (TPSA) is 34.6 Å². The fourth-order valence-electron chi connectivity index (χ4n) is 0.310. The SMILES string of the molecule is Cn1nnc[n+]1C. The van der Waals surface area contributed by atoms with Crippen molar-refractivity contribution in [2.45, 2.75) is 0 Å². The summed E-state index contributed by atoms with van der Waals surface area (Å²) in [5, 5.41) is 7.24. The van der Waals surface area contributed by atoms with Gasteiger partial charge in [0.25, 0.3) is 6.33 Å². The fraction of sp³-hybridized carbons (Fsp3) is 0.667. The van der Waals surface area contributed by atoms with Gasteiger partial charge in [-0.1, -0.05) is 4.80 Å². The average molecular weight is 99.1 g/mol. The molecule has 4 nitrogen and oxygen atoms in total. The minimum absolute atomic E-state index is 1.64. The maximum absolute atomic E-state index is 3.65. The van der Waals surface area contributed by atoms with Crippen molar-refractivity contribution in [3.8, 4) is 0 Å². The Hall–Kier alpha value is -0.930. The Balaban J connectivity index is 3.12. The highest BCUT2D eigenvalue weighted by atomic mass is 15.6. The number of rotatable bonds is 0. The summed E-state index contributed by atoms with van der Waals surface area (Å²) in [6, 6.07) is 0. The molecule has 0 aliphatic carbocycles. The van der Waals surface area contributed by atoms with Gasteiger partial charge in [0, 0.05) is 0 Å². The maximum Gasteiger partial charge on any atom is 0.288 e. The van der Waals surface area contributed by atoms with Crippen molar-refractivity contribution < 1.29 is 4.68 Å². The normalized spacial score (nSPS) is 9.43. The van der Waals surface area contributed by atoms with E-state index in [2.05, 4.69) is 10.3 Å². The van der Waals surface area contributed by atoms with Crippen molar-refractivity contribution in [1.82, 2.24) is 15.1 Å². The molecule has 0 saturated carbocycles. The summed E-state index contributed by atoms with van der Waals surface area (Å²) in [7, 11) is 3.70. The number of hydrogen-bond donors (Lipinski definition) is 0. The number of nitrogens with zero attached hydrogens (tertiary/aromatic N) is 4. The summed E-state index contributed by atoms with van der Waals surface area (Å²) in [4.78, 5) is 1.64. The first kappa shape index (κ1) is 4.23. The van der Waals surface area contributed by atoms with E-state index in [-0.39, 0.29) is 0 Å². The Kier molecular flexibility index (Phi) is 0.780. The fourth-order valence-corrected chi connectivity index (χ4v) is 0.310. The summed E-state index contributed by atoms with van der Waals surface area (Å²) < 4.78 is 1.78. The minimum atomic E-state index is 1.64. The highest BCUT2D eigenvalue weighted by Gasteiger charge is 1.93. The molecule has 1 aromatic heterocycles. The molecule has 0 fully saturated rings. The van der Waals surface area contributed by atoms with Gasteiger partial charge < -0.3 is 0 Å². The maximum atomic E-state index is 3.65. The summed E-state index contributed by atoms with van der Waals surface area (Å²) in [5.41, 5.74) is 0.